The van der Waals surface area contributed by atoms with Crippen LogP contribution in [0.3, 0.4) is 0 Å². The highest BCUT2D eigenvalue weighted by atomic mass is 32.2. The zero-order valence-corrected chi connectivity index (χ0v) is 15.6. The minimum Gasteiger partial charge on any atom is -0.376 e. The molecule has 6 heteroatoms. The zero-order chi connectivity index (χ0) is 17.8. The van der Waals surface area contributed by atoms with Crippen molar-refractivity contribution < 1.29 is 4.74 Å². The molecule has 3 aromatic rings. The number of hydrogen-bond acceptors (Lipinski definition) is 5. The van der Waals surface area contributed by atoms with Crippen LogP contribution < -0.4 is 0 Å². The Balaban J connectivity index is 1.64. The summed E-state index contributed by atoms with van der Waals surface area (Å²) in [5.41, 5.74) is 3.81. The lowest BCUT2D eigenvalue weighted by molar-refractivity contribution is 0.0911. The fraction of sp³-hybridized carbons (Fsp3) is 0.350. The van der Waals surface area contributed by atoms with Crippen LogP contribution in [0.1, 0.15) is 34.8 Å². The summed E-state index contributed by atoms with van der Waals surface area (Å²) in [4.78, 5) is 0. The number of thioether (sulfide) groups is 1. The molecule has 0 spiro atoms. The molecule has 134 valence electrons. The van der Waals surface area contributed by atoms with Crippen LogP contribution in [0.5, 0.6) is 0 Å². The topological polar surface area (TPSA) is 52.8 Å². The number of rotatable bonds is 6. The first-order valence-electron chi connectivity index (χ1n) is 8.96. The molecule has 0 saturated carbocycles. The first-order chi connectivity index (χ1) is 12.8. The van der Waals surface area contributed by atoms with Gasteiger partial charge in [-0.3, -0.25) is 0 Å². The molecule has 1 fully saturated rings. The lowest BCUT2D eigenvalue weighted by Gasteiger charge is -2.19. The predicted octanol–water partition coefficient (Wildman–Crippen LogP) is 4.04. The number of tetrazole rings is 1. The maximum Gasteiger partial charge on any atom is 0.210 e. The van der Waals surface area contributed by atoms with Gasteiger partial charge in [-0.25, -0.2) is 4.68 Å². The maximum absolute atomic E-state index is 5.75. The number of aromatic nitrogens is 4. The van der Waals surface area contributed by atoms with E-state index in [2.05, 4.69) is 71.0 Å². The molecular formula is C20H22N4OS. The summed E-state index contributed by atoms with van der Waals surface area (Å²) >= 11 is 1.70. The van der Waals surface area contributed by atoms with E-state index < -0.39 is 0 Å². The Labute approximate surface area is 157 Å². The normalized spacial score (nSPS) is 18.1. The Morgan fingerprint density at radius 1 is 1.15 bits per heavy atom. The third-order valence-electron chi connectivity index (χ3n) is 4.70. The van der Waals surface area contributed by atoms with Gasteiger partial charge < -0.3 is 4.74 Å². The summed E-state index contributed by atoms with van der Waals surface area (Å²) < 4.78 is 7.63. The van der Waals surface area contributed by atoms with Gasteiger partial charge >= 0.3 is 0 Å². The molecule has 1 saturated heterocycles. The first kappa shape index (κ1) is 17.2. The zero-order valence-electron chi connectivity index (χ0n) is 14.8. The summed E-state index contributed by atoms with van der Waals surface area (Å²) in [6, 6.07) is 19.0. The van der Waals surface area contributed by atoms with Gasteiger partial charge in [0.05, 0.1) is 17.9 Å². The predicted molar refractivity (Wildman–Crippen MR) is 102 cm³/mol. The molecule has 0 unspecified atom stereocenters. The minimum atomic E-state index is 0.145. The smallest absolute Gasteiger partial charge is 0.210 e. The van der Waals surface area contributed by atoms with Crippen molar-refractivity contribution in [2.24, 2.45) is 0 Å². The number of nitrogens with zero attached hydrogens (tertiary/aromatic N) is 4. The van der Waals surface area contributed by atoms with Crippen LogP contribution in [0.2, 0.25) is 0 Å². The molecular weight excluding hydrogens is 344 g/mol. The van der Waals surface area contributed by atoms with E-state index in [0.717, 1.165) is 24.6 Å². The number of benzene rings is 2. The fourth-order valence-electron chi connectivity index (χ4n) is 3.30. The van der Waals surface area contributed by atoms with E-state index in [-0.39, 0.29) is 11.4 Å². The van der Waals surface area contributed by atoms with Gasteiger partial charge in [-0.05, 0) is 46.9 Å². The summed E-state index contributed by atoms with van der Waals surface area (Å²) in [6.45, 7) is 3.71. The van der Waals surface area contributed by atoms with Gasteiger partial charge in [-0.1, -0.05) is 66.4 Å². The Morgan fingerprint density at radius 2 is 1.96 bits per heavy atom. The van der Waals surface area contributed by atoms with E-state index in [9.17, 15) is 0 Å². The maximum atomic E-state index is 5.75. The number of ether oxygens (including phenoxy) is 1. The van der Waals surface area contributed by atoms with Crippen molar-refractivity contribution in [1.82, 2.24) is 20.2 Å². The lowest BCUT2D eigenvalue weighted by Crippen LogP contribution is -2.17. The highest BCUT2D eigenvalue weighted by Crippen LogP contribution is 2.40. The van der Waals surface area contributed by atoms with Crippen molar-refractivity contribution in [3.63, 3.8) is 0 Å². The van der Waals surface area contributed by atoms with Crippen molar-refractivity contribution in [2.45, 2.75) is 42.8 Å². The van der Waals surface area contributed by atoms with Crippen molar-refractivity contribution in [1.29, 1.82) is 0 Å². The van der Waals surface area contributed by atoms with Gasteiger partial charge in [0.25, 0.3) is 0 Å². The standard InChI is InChI=1S/C20H22N4OS/c1-15-8-5-6-12-18(15)19(16-9-3-2-4-10-16)26-20-21-22-23-24(20)14-17-11-7-13-25-17/h2-6,8-10,12,17,19H,7,11,13-14H2,1H3/t17-,19+/m0/s1. The van der Waals surface area contributed by atoms with Crippen molar-refractivity contribution in [3.8, 4) is 0 Å². The Hall–Kier alpha value is -2.18. The average Bonchev–Trinajstić information content (AvgIpc) is 3.34. The molecule has 2 atom stereocenters. The van der Waals surface area contributed by atoms with Crippen LogP contribution in [0.25, 0.3) is 0 Å². The molecule has 0 radical (unpaired) electrons. The van der Waals surface area contributed by atoms with E-state index in [0.29, 0.717) is 6.54 Å². The van der Waals surface area contributed by atoms with Crippen LogP contribution in [0, 0.1) is 6.92 Å². The summed E-state index contributed by atoms with van der Waals surface area (Å²) in [5.74, 6) is 0. The summed E-state index contributed by atoms with van der Waals surface area (Å²) in [7, 11) is 0. The van der Waals surface area contributed by atoms with Gasteiger partial charge in [0.2, 0.25) is 5.16 Å². The largest absolute Gasteiger partial charge is 0.376 e. The van der Waals surface area contributed by atoms with E-state index in [4.69, 9.17) is 4.74 Å². The fourth-order valence-corrected chi connectivity index (χ4v) is 4.51. The SMILES string of the molecule is Cc1ccccc1[C@H](Sc1nnnn1C[C@@H]1CCCO1)c1ccccc1. The molecule has 4 rings (SSSR count). The third-order valence-corrected chi connectivity index (χ3v) is 5.96. The van der Waals surface area contributed by atoms with E-state index in [1.807, 2.05) is 10.7 Å². The van der Waals surface area contributed by atoms with Crippen LogP contribution in [-0.2, 0) is 11.3 Å². The van der Waals surface area contributed by atoms with E-state index in [1.165, 1.54) is 16.7 Å². The molecule has 2 aromatic carbocycles. The second-order valence-electron chi connectivity index (χ2n) is 6.54. The summed E-state index contributed by atoms with van der Waals surface area (Å²) in [6.07, 6.45) is 2.40. The average molecular weight is 366 g/mol. The Kier molecular flexibility index (Phi) is 5.32. The second-order valence-corrected chi connectivity index (χ2v) is 7.62. The van der Waals surface area contributed by atoms with Crippen molar-refractivity contribution >= 4 is 11.8 Å². The van der Waals surface area contributed by atoms with Gasteiger partial charge in [-0.15, -0.1) is 5.10 Å². The second kappa shape index (κ2) is 8.01. The van der Waals surface area contributed by atoms with Crippen LogP contribution in [0.4, 0.5) is 0 Å². The van der Waals surface area contributed by atoms with Gasteiger partial charge in [0.15, 0.2) is 0 Å². The summed E-state index contributed by atoms with van der Waals surface area (Å²) in [5, 5.41) is 13.4. The number of hydrogen-bond donors (Lipinski definition) is 0. The molecule has 2 heterocycles. The van der Waals surface area contributed by atoms with Gasteiger partial charge in [-0.2, -0.15) is 0 Å². The molecule has 1 aromatic heterocycles. The molecule has 0 N–H and O–H groups in total. The Morgan fingerprint density at radius 3 is 2.73 bits per heavy atom. The minimum absolute atomic E-state index is 0.145. The molecule has 26 heavy (non-hydrogen) atoms. The monoisotopic (exact) mass is 366 g/mol. The number of aryl methyl sites for hydroxylation is 1. The van der Waals surface area contributed by atoms with E-state index in [1.54, 1.807) is 11.8 Å². The third kappa shape index (κ3) is 3.81. The highest BCUT2D eigenvalue weighted by molar-refractivity contribution is 7.99. The highest BCUT2D eigenvalue weighted by Gasteiger charge is 2.23. The molecule has 1 aliphatic rings. The van der Waals surface area contributed by atoms with Crippen molar-refractivity contribution in [3.05, 3.63) is 71.3 Å². The molecule has 1 aliphatic heterocycles. The van der Waals surface area contributed by atoms with E-state index >= 15 is 0 Å². The molecule has 0 bridgehead atoms. The van der Waals surface area contributed by atoms with Gasteiger partial charge in [0.1, 0.15) is 0 Å². The molecule has 0 aliphatic carbocycles. The van der Waals surface area contributed by atoms with Gasteiger partial charge in [0, 0.05) is 6.61 Å². The van der Waals surface area contributed by atoms with Crippen LogP contribution >= 0.6 is 11.8 Å². The van der Waals surface area contributed by atoms with Crippen LogP contribution in [-0.4, -0.2) is 32.9 Å². The molecule has 0 amide bonds. The Bertz CT molecular complexity index is 846. The lowest BCUT2D eigenvalue weighted by atomic mass is 10.0. The first-order valence-corrected chi connectivity index (χ1v) is 9.84. The van der Waals surface area contributed by atoms with Crippen molar-refractivity contribution in [2.75, 3.05) is 6.61 Å². The quantitative estimate of drug-likeness (QED) is 0.616. The molecule has 5 nitrogen and oxygen atoms in total. The van der Waals surface area contributed by atoms with Crippen LogP contribution in [0.15, 0.2) is 59.8 Å².